The summed E-state index contributed by atoms with van der Waals surface area (Å²) in [5, 5.41) is 7.96. The van der Waals surface area contributed by atoms with E-state index < -0.39 is 0 Å². The molecule has 0 bridgehead atoms. The van der Waals surface area contributed by atoms with Gasteiger partial charge in [0.1, 0.15) is 0 Å². The molecular formula is C43H33NS. The Kier molecular flexibility index (Phi) is 6.73. The fourth-order valence-corrected chi connectivity index (χ4v) is 7.93. The van der Waals surface area contributed by atoms with Crippen molar-refractivity contribution in [2.45, 2.75) is 20.8 Å². The Labute approximate surface area is 267 Å². The molecule has 0 saturated carbocycles. The fraction of sp³-hybridized carbons (Fsp3) is 0.0698. The van der Waals surface area contributed by atoms with Crippen molar-refractivity contribution in [1.29, 1.82) is 0 Å². The number of thiophene rings is 1. The summed E-state index contributed by atoms with van der Waals surface area (Å²) >= 11 is 1.88. The maximum Gasteiger partial charge on any atom is 0.0576 e. The van der Waals surface area contributed by atoms with Crippen molar-refractivity contribution in [1.82, 2.24) is 4.57 Å². The Morgan fingerprint density at radius 1 is 0.467 bits per heavy atom. The lowest BCUT2D eigenvalue weighted by Crippen LogP contribution is -1.96. The molecule has 9 aromatic rings. The van der Waals surface area contributed by atoms with Gasteiger partial charge in [0.2, 0.25) is 0 Å². The number of para-hydroxylation sites is 1. The van der Waals surface area contributed by atoms with Crippen LogP contribution in [0.4, 0.5) is 0 Å². The molecule has 0 atom stereocenters. The SMILES string of the molecule is Cc1ccc2ccccc2c1.Cc1ccccc1-c1ccc2c3cc4c(cc3n(-c3ccccc3)c2c1C)sc1ccccc14. The highest BCUT2D eigenvalue weighted by atomic mass is 32.1. The summed E-state index contributed by atoms with van der Waals surface area (Å²) in [6.07, 6.45) is 0. The van der Waals surface area contributed by atoms with E-state index in [1.807, 2.05) is 11.3 Å². The summed E-state index contributed by atoms with van der Waals surface area (Å²) < 4.78 is 5.15. The zero-order valence-electron chi connectivity index (χ0n) is 25.7. The van der Waals surface area contributed by atoms with E-state index in [9.17, 15) is 0 Å². The Balaban J connectivity index is 0.000000230. The summed E-state index contributed by atoms with van der Waals surface area (Å²) in [6.45, 7) is 6.59. The predicted octanol–water partition coefficient (Wildman–Crippen LogP) is 12.6. The van der Waals surface area contributed by atoms with Crippen molar-refractivity contribution in [3.63, 3.8) is 0 Å². The van der Waals surface area contributed by atoms with E-state index in [4.69, 9.17) is 0 Å². The van der Waals surface area contributed by atoms with Gasteiger partial charge < -0.3 is 4.57 Å². The first-order chi connectivity index (χ1) is 22.1. The van der Waals surface area contributed by atoms with E-state index >= 15 is 0 Å². The molecule has 1 nitrogen and oxygen atoms in total. The second-order valence-corrected chi connectivity index (χ2v) is 13.0. The molecule has 9 rings (SSSR count). The van der Waals surface area contributed by atoms with Crippen LogP contribution in [0.5, 0.6) is 0 Å². The van der Waals surface area contributed by atoms with Gasteiger partial charge in [0.05, 0.1) is 11.0 Å². The van der Waals surface area contributed by atoms with Crippen molar-refractivity contribution in [2.24, 2.45) is 0 Å². The number of rotatable bonds is 2. The van der Waals surface area contributed by atoms with Gasteiger partial charge in [-0.15, -0.1) is 11.3 Å². The maximum absolute atomic E-state index is 2.46. The second kappa shape index (κ2) is 11.1. The van der Waals surface area contributed by atoms with E-state index in [2.05, 4.69) is 171 Å². The van der Waals surface area contributed by atoms with Crippen molar-refractivity contribution >= 4 is 64.1 Å². The van der Waals surface area contributed by atoms with Gasteiger partial charge >= 0.3 is 0 Å². The third-order valence-corrected chi connectivity index (χ3v) is 10.2. The Hall–Kier alpha value is -5.18. The zero-order chi connectivity index (χ0) is 30.5. The average molecular weight is 596 g/mol. The largest absolute Gasteiger partial charge is 0.309 e. The highest BCUT2D eigenvalue weighted by Gasteiger charge is 2.19. The van der Waals surface area contributed by atoms with Gasteiger partial charge in [-0.1, -0.05) is 121 Å². The monoisotopic (exact) mass is 595 g/mol. The molecule has 2 aromatic heterocycles. The lowest BCUT2D eigenvalue weighted by atomic mass is 9.94. The molecule has 2 heteroatoms. The van der Waals surface area contributed by atoms with Crippen LogP contribution in [0.25, 0.3) is 69.6 Å². The molecule has 45 heavy (non-hydrogen) atoms. The summed E-state index contributed by atoms with van der Waals surface area (Å²) in [4.78, 5) is 0. The number of benzene rings is 7. The van der Waals surface area contributed by atoms with Crippen molar-refractivity contribution in [2.75, 3.05) is 0 Å². The molecule has 0 amide bonds. The molecule has 216 valence electrons. The van der Waals surface area contributed by atoms with Crippen LogP contribution < -0.4 is 0 Å². The van der Waals surface area contributed by atoms with Crippen molar-refractivity contribution in [3.05, 3.63) is 162 Å². The average Bonchev–Trinajstić information content (AvgIpc) is 3.60. The number of hydrogen-bond donors (Lipinski definition) is 0. The van der Waals surface area contributed by atoms with Gasteiger partial charge in [0.15, 0.2) is 0 Å². The van der Waals surface area contributed by atoms with Gasteiger partial charge in [0, 0.05) is 36.6 Å². The van der Waals surface area contributed by atoms with E-state index in [0.717, 1.165) is 0 Å². The molecule has 0 spiro atoms. The molecule has 0 fully saturated rings. The number of aromatic nitrogens is 1. The van der Waals surface area contributed by atoms with Gasteiger partial charge in [-0.3, -0.25) is 0 Å². The smallest absolute Gasteiger partial charge is 0.0576 e. The van der Waals surface area contributed by atoms with Crippen molar-refractivity contribution < 1.29 is 0 Å². The lowest BCUT2D eigenvalue weighted by molar-refractivity contribution is 1.17. The van der Waals surface area contributed by atoms with Crippen LogP contribution in [0.3, 0.4) is 0 Å². The standard InChI is InChI=1S/C32H23NS.C11H10/c1-20-10-6-7-13-23(20)24-16-17-26-27-18-28-25-14-8-9-15-30(25)34-31(28)19-29(27)33(32(26)21(24)2)22-11-4-3-5-12-22;1-9-6-7-10-4-2-3-5-11(10)8-9/h3-19H,1-2H3;2-8H,1H3. The highest BCUT2D eigenvalue weighted by molar-refractivity contribution is 7.25. The van der Waals surface area contributed by atoms with Crippen LogP contribution in [-0.2, 0) is 0 Å². The first kappa shape index (κ1) is 27.4. The second-order valence-electron chi connectivity index (χ2n) is 11.9. The minimum atomic E-state index is 1.20. The number of hydrogen-bond acceptors (Lipinski definition) is 1. The van der Waals surface area contributed by atoms with Gasteiger partial charge in [-0.25, -0.2) is 0 Å². The van der Waals surface area contributed by atoms with Crippen LogP contribution in [0.15, 0.2) is 146 Å². The first-order valence-electron chi connectivity index (χ1n) is 15.5. The summed E-state index contributed by atoms with van der Waals surface area (Å²) in [7, 11) is 0. The van der Waals surface area contributed by atoms with Crippen LogP contribution in [0, 0.1) is 20.8 Å². The highest BCUT2D eigenvalue weighted by Crippen LogP contribution is 2.43. The molecule has 0 unspecified atom stereocenters. The zero-order valence-corrected chi connectivity index (χ0v) is 26.5. The van der Waals surface area contributed by atoms with Crippen molar-refractivity contribution in [3.8, 4) is 16.8 Å². The molecule has 0 aliphatic rings. The third-order valence-electron chi connectivity index (χ3n) is 9.04. The topological polar surface area (TPSA) is 4.93 Å². The van der Waals surface area contributed by atoms with E-state index in [1.54, 1.807) is 0 Å². The molecule has 0 N–H and O–H groups in total. The summed E-state index contributed by atoms with van der Waals surface area (Å²) in [6, 6.07) is 52.6. The maximum atomic E-state index is 2.46. The number of fused-ring (bicyclic) bond motifs is 7. The number of aryl methyl sites for hydroxylation is 3. The Morgan fingerprint density at radius 3 is 2.04 bits per heavy atom. The third kappa shape index (κ3) is 4.70. The Bertz CT molecular complexity index is 2510. The van der Waals surface area contributed by atoms with E-state index in [0.29, 0.717) is 0 Å². The normalized spacial score (nSPS) is 11.4. The van der Waals surface area contributed by atoms with Crippen LogP contribution >= 0.6 is 11.3 Å². The lowest BCUT2D eigenvalue weighted by Gasteiger charge is -2.14. The van der Waals surface area contributed by atoms with Gasteiger partial charge in [-0.2, -0.15) is 0 Å². The van der Waals surface area contributed by atoms with Crippen LogP contribution in [0.2, 0.25) is 0 Å². The van der Waals surface area contributed by atoms with Gasteiger partial charge in [0.25, 0.3) is 0 Å². The Morgan fingerprint density at radius 2 is 1.20 bits per heavy atom. The first-order valence-corrected chi connectivity index (χ1v) is 16.3. The molecule has 2 heterocycles. The van der Waals surface area contributed by atoms with Crippen LogP contribution in [0.1, 0.15) is 16.7 Å². The molecule has 0 saturated heterocycles. The van der Waals surface area contributed by atoms with E-state index in [1.165, 1.54) is 86.3 Å². The quantitative estimate of drug-likeness (QED) is 0.187. The van der Waals surface area contributed by atoms with E-state index in [-0.39, 0.29) is 0 Å². The minimum Gasteiger partial charge on any atom is -0.309 e. The molecular weight excluding hydrogens is 563 g/mol. The fourth-order valence-electron chi connectivity index (χ4n) is 6.81. The van der Waals surface area contributed by atoms with Crippen LogP contribution in [-0.4, -0.2) is 4.57 Å². The summed E-state index contributed by atoms with van der Waals surface area (Å²) in [5.74, 6) is 0. The molecule has 0 radical (unpaired) electrons. The van der Waals surface area contributed by atoms with Gasteiger partial charge in [-0.05, 0) is 84.1 Å². The summed E-state index contributed by atoms with van der Waals surface area (Å²) in [5.41, 5.74) is 10.3. The predicted molar refractivity (Wildman–Crippen MR) is 197 cm³/mol. The molecule has 0 aliphatic carbocycles. The molecule has 0 aliphatic heterocycles. The molecule has 7 aromatic carbocycles. The minimum absolute atomic E-state index is 1.20. The number of nitrogens with zero attached hydrogens (tertiary/aromatic N) is 1.